The van der Waals surface area contributed by atoms with E-state index in [0.717, 1.165) is 0 Å². The zero-order chi connectivity index (χ0) is 13.7. The van der Waals surface area contributed by atoms with Gasteiger partial charge in [-0.05, 0) is 36.4 Å². The number of hydrogen-bond donors (Lipinski definition) is 3. The van der Waals surface area contributed by atoms with Crippen LogP contribution >= 0.6 is 0 Å². The van der Waals surface area contributed by atoms with Gasteiger partial charge in [0.1, 0.15) is 5.75 Å². The molecule has 19 heavy (non-hydrogen) atoms. The average molecular weight is 256 g/mol. The van der Waals surface area contributed by atoms with E-state index in [1.807, 2.05) is 0 Å². The predicted molar refractivity (Wildman–Crippen MR) is 72.2 cm³/mol. The maximum absolute atomic E-state index is 11.9. The van der Waals surface area contributed by atoms with Crippen LogP contribution in [0.15, 0.2) is 48.5 Å². The van der Waals surface area contributed by atoms with Gasteiger partial charge in [0.25, 0.3) is 5.91 Å². The molecule has 0 heterocycles. The summed E-state index contributed by atoms with van der Waals surface area (Å²) in [6.45, 7) is 0. The first-order chi connectivity index (χ1) is 9.20. The quantitative estimate of drug-likeness (QED) is 0.734. The van der Waals surface area contributed by atoms with Crippen molar-refractivity contribution in [3.63, 3.8) is 0 Å². The molecule has 2 aromatic rings. The predicted octanol–water partition coefficient (Wildman–Crippen LogP) is 2.21. The molecule has 2 rings (SSSR count). The molecule has 5 heteroatoms. The molecular weight excluding hydrogens is 244 g/mol. The van der Waals surface area contributed by atoms with Crippen LogP contribution in [0.25, 0.3) is 0 Å². The molecule has 96 valence electrons. The Morgan fingerprint density at radius 3 is 2.26 bits per heavy atom. The summed E-state index contributed by atoms with van der Waals surface area (Å²) < 4.78 is 0. The van der Waals surface area contributed by atoms with Crippen LogP contribution in [0.5, 0.6) is 5.75 Å². The van der Waals surface area contributed by atoms with Crippen LogP contribution in [0.4, 0.5) is 11.4 Å². The summed E-state index contributed by atoms with van der Waals surface area (Å²) in [4.78, 5) is 22.2. The van der Waals surface area contributed by atoms with E-state index in [4.69, 9.17) is 0 Å². The molecule has 0 unspecified atom stereocenters. The summed E-state index contributed by atoms with van der Waals surface area (Å²) in [5.74, 6) is -0.464. The van der Waals surface area contributed by atoms with E-state index in [1.54, 1.807) is 36.4 Å². The Bertz CT molecular complexity index is 594. The van der Waals surface area contributed by atoms with Gasteiger partial charge < -0.3 is 15.7 Å². The lowest BCUT2D eigenvalue weighted by molar-refractivity contribution is -0.105. The molecule has 0 spiro atoms. The Labute approximate surface area is 109 Å². The molecule has 0 fully saturated rings. The molecule has 0 aromatic heterocycles. The van der Waals surface area contributed by atoms with Gasteiger partial charge in [-0.25, -0.2) is 0 Å². The maximum Gasteiger partial charge on any atom is 0.259 e. The Hall–Kier alpha value is -2.82. The minimum atomic E-state index is -0.394. The first-order valence-electron chi connectivity index (χ1n) is 5.60. The Morgan fingerprint density at radius 1 is 1.00 bits per heavy atom. The number of rotatable bonds is 4. The molecule has 0 saturated carbocycles. The molecule has 0 radical (unpaired) electrons. The normalized spacial score (nSPS) is 9.68. The van der Waals surface area contributed by atoms with Crippen molar-refractivity contribution in [2.75, 3.05) is 10.6 Å². The van der Waals surface area contributed by atoms with Crippen LogP contribution in [0.3, 0.4) is 0 Å². The van der Waals surface area contributed by atoms with Crippen molar-refractivity contribution in [3.05, 3.63) is 54.1 Å². The van der Waals surface area contributed by atoms with E-state index in [9.17, 15) is 14.7 Å². The summed E-state index contributed by atoms with van der Waals surface area (Å²) in [5.41, 5.74) is 1.41. The standard InChI is InChI=1S/C14H12N2O3/c17-9-15-10-5-7-11(8-6-10)16-14(19)12-3-1-2-4-13(12)18/h1-9,18H,(H,15,17)(H,16,19). The number of carbonyl (C=O) groups is 2. The fourth-order valence-electron chi connectivity index (χ4n) is 1.58. The van der Waals surface area contributed by atoms with Gasteiger partial charge in [-0.3, -0.25) is 9.59 Å². The number of phenols is 1. The molecule has 2 aromatic carbocycles. The van der Waals surface area contributed by atoms with Crippen molar-refractivity contribution in [2.24, 2.45) is 0 Å². The highest BCUT2D eigenvalue weighted by atomic mass is 16.3. The van der Waals surface area contributed by atoms with E-state index in [1.165, 1.54) is 12.1 Å². The highest BCUT2D eigenvalue weighted by Crippen LogP contribution is 2.18. The summed E-state index contributed by atoms with van der Waals surface area (Å²) in [7, 11) is 0. The van der Waals surface area contributed by atoms with Gasteiger partial charge in [0.15, 0.2) is 0 Å². The lowest BCUT2D eigenvalue weighted by Crippen LogP contribution is -2.11. The van der Waals surface area contributed by atoms with Crippen LogP contribution in [0, 0.1) is 0 Å². The Balaban J connectivity index is 2.11. The van der Waals surface area contributed by atoms with Gasteiger partial charge in [-0.1, -0.05) is 12.1 Å². The van der Waals surface area contributed by atoms with Crippen LogP contribution in [-0.4, -0.2) is 17.4 Å². The van der Waals surface area contributed by atoms with E-state index < -0.39 is 5.91 Å². The summed E-state index contributed by atoms with van der Waals surface area (Å²) in [5, 5.41) is 14.7. The topological polar surface area (TPSA) is 78.4 Å². The number of carbonyl (C=O) groups excluding carboxylic acids is 2. The molecule has 0 bridgehead atoms. The van der Waals surface area contributed by atoms with Gasteiger partial charge in [0.05, 0.1) is 5.56 Å². The van der Waals surface area contributed by atoms with Gasteiger partial charge in [0.2, 0.25) is 6.41 Å². The summed E-state index contributed by atoms with van der Waals surface area (Å²) >= 11 is 0. The fourth-order valence-corrected chi connectivity index (χ4v) is 1.58. The highest BCUT2D eigenvalue weighted by molar-refractivity contribution is 6.06. The van der Waals surface area contributed by atoms with Crippen molar-refractivity contribution >= 4 is 23.7 Å². The number of benzene rings is 2. The van der Waals surface area contributed by atoms with Gasteiger partial charge >= 0.3 is 0 Å². The van der Waals surface area contributed by atoms with Crippen LogP contribution in [0.1, 0.15) is 10.4 Å². The lowest BCUT2D eigenvalue weighted by Gasteiger charge is -2.07. The number of para-hydroxylation sites is 1. The minimum Gasteiger partial charge on any atom is -0.507 e. The molecule has 0 atom stereocenters. The van der Waals surface area contributed by atoms with Crippen LogP contribution in [-0.2, 0) is 4.79 Å². The number of phenolic OH excluding ortho intramolecular Hbond substituents is 1. The zero-order valence-electron chi connectivity index (χ0n) is 9.96. The first kappa shape index (κ1) is 12.6. The molecule has 3 N–H and O–H groups in total. The zero-order valence-corrected chi connectivity index (χ0v) is 9.96. The average Bonchev–Trinajstić information content (AvgIpc) is 2.42. The second-order valence-corrected chi connectivity index (χ2v) is 3.81. The first-order valence-corrected chi connectivity index (χ1v) is 5.60. The molecule has 0 aliphatic rings. The van der Waals surface area contributed by atoms with Gasteiger partial charge in [0, 0.05) is 11.4 Å². The lowest BCUT2D eigenvalue weighted by atomic mass is 10.2. The number of anilines is 2. The molecule has 5 nitrogen and oxygen atoms in total. The molecule has 0 aliphatic carbocycles. The molecule has 2 amide bonds. The second kappa shape index (κ2) is 5.68. The van der Waals surface area contributed by atoms with Gasteiger partial charge in [-0.15, -0.1) is 0 Å². The van der Waals surface area contributed by atoms with Crippen molar-refractivity contribution < 1.29 is 14.7 Å². The van der Waals surface area contributed by atoms with E-state index in [-0.39, 0.29) is 11.3 Å². The summed E-state index contributed by atoms with van der Waals surface area (Å²) in [6.07, 6.45) is 0.579. The van der Waals surface area contributed by atoms with Crippen molar-refractivity contribution in [3.8, 4) is 5.75 Å². The Morgan fingerprint density at radius 2 is 1.63 bits per heavy atom. The number of hydrogen-bond acceptors (Lipinski definition) is 3. The maximum atomic E-state index is 11.9. The molecule has 0 aliphatic heterocycles. The Kier molecular flexibility index (Phi) is 3.78. The number of aromatic hydroxyl groups is 1. The monoisotopic (exact) mass is 256 g/mol. The fraction of sp³-hybridized carbons (Fsp3) is 0. The number of nitrogens with one attached hydrogen (secondary N) is 2. The smallest absolute Gasteiger partial charge is 0.259 e. The molecule has 0 saturated heterocycles. The van der Waals surface area contributed by atoms with E-state index in [2.05, 4.69) is 10.6 Å². The van der Waals surface area contributed by atoms with Gasteiger partial charge in [-0.2, -0.15) is 0 Å². The third kappa shape index (κ3) is 3.10. The van der Waals surface area contributed by atoms with Crippen molar-refractivity contribution in [1.29, 1.82) is 0 Å². The third-order valence-electron chi connectivity index (χ3n) is 2.52. The molecular formula is C14H12N2O3. The largest absolute Gasteiger partial charge is 0.507 e. The minimum absolute atomic E-state index is 0.0701. The van der Waals surface area contributed by atoms with Crippen molar-refractivity contribution in [2.45, 2.75) is 0 Å². The van der Waals surface area contributed by atoms with Crippen LogP contribution < -0.4 is 10.6 Å². The van der Waals surface area contributed by atoms with E-state index in [0.29, 0.717) is 17.8 Å². The second-order valence-electron chi connectivity index (χ2n) is 3.81. The summed E-state index contributed by atoms with van der Waals surface area (Å²) in [6, 6.07) is 12.9. The third-order valence-corrected chi connectivity index (χ3v) is 2.52. The van der Waals surface area contributed by atoms with E-state index >= 15 is 0 Å². The van der Waals surface area contributed by atoms with Crippen LogP contribution in [0.2, 0.25) is 0 Å². The highest BCUT2D eigenvalue weighted by Gasteiger charge is 2.09. The SMILES string of the molecule is O=CNc1ccc(NC(=O)c2ccccc2O)cc1. The van der Waals surface area contributed by atoms with Crippen molar-refractivity contribution in [1.82, 2.24) is 0 Å². The number of amides is 2.